The minimum absolute atomic E-state index is 0.119. The summed E-state index contributed by atoms with van der Waals surface area (Å²) < 4.78 is 2.42. The van der Waals surface area contributed by atoms with Crippen LogP contribution in [-0.2, 0) is 10.8 Å². The molecule has 0 spiro atoms. The maximum Gasteiger partial charge on any atom is 0.0541 e. The molecule has 14 rings (SSSR count). The largest absolute Gasteiger partial charge is 0.310 e. The Morgan fingerprint density at radius 3 is 1.39 bits per heavy atom. The lowest BCUT2D eigenvalue weighted by Crippen LogP contribution is -2.30. The van der Waals surface area contributed by atoms with Crippen molar-refractivity contribution in [1.82, 2.24) is 4.57 Å². The smallest absolute Gasteiger partial charge is 0.0541 e. The van der Waals surface area contributed by atoms with Crippen molar-refractivity contribution < 1.29 is 0 Å². The van der Waals surface area contributed by atoms with Crippen molar-refractivity contribution in [2.75, 3.05) is 9.80 Å². The highest BCUT2D eigenvalue weighted by Gasteiger charge is 2.38. The van der Waals surface area contributed by atoms with E-state index in [1.165, 1.54) is 99.9 Å². The van der Waals surface area contributed by atoms with Crippen molar-refractivity contribution in [1.29, 1.82) is 0 Å². The molecule has 0 radical (unpaired) electrons. The maximum absolute atomic E-state index is 2.44. The topological polar surface area (TPSA) is 11.4 Å². The molecule has 0 unspecified atom stereocenters. The fraction of sp³-hybridized carbons (Fsp3) is 0.0833. The van der Waals surface area contributed by atoms with E-state index in [1.807, 2.05) is 0 Å². The number of anilines is 6. The van der Waals surface area contributed by atoms with E-state index in [2.05, 4.69) is 303 Å². The lowest BCUT2D eigenvalue weighted by atomic mass is 9.73. The third-order valence-corrected chi connectivity index (χ3v) is 16.4. The highest BCUT2D eigenvalue weighted by Crippen LogP contribution is 2.54. The van der Waals surface area contributed by atoms with Gasteiger partial charge in [0.1, 0.15) is 0 Å². The third-order valence-electron chi connectivity index (χ3n) is 16.4. The Kier molecular flexibility index (Phi) is 10.2. The van der Waals surface area contributed by atoms with Crippen LogP contribution >= 0.6 is 0 Å². The number of aromatic nitrogens is 1. The average Bonchev–Trinajstić information content (AvgIpc) is 3.96. The molecule has 0 fully saturated rings. The molecular weight excluding hydrogens is 907 g/mol. The molecule has 1 aromatic heterocycles. The fourth-order valence-corrected chi connectivity index (χ4v) is 12.5. The van der Waals surface area contributed by atoms with Crippen molar-refractivity contribution in [3.05, 3.63) is 283 Å². The summed E-state index contributed by atoms with van der Waals surface area (Å²) in [7, 11) is 0. The minimum atomic E-state index is -0.209. The van der Waals surface area contributed by atoms with Gasteiger partial charge in [0.2, 0.25) is 0 Å². The van der Waals surface area contributed by atoms with Gasteiger partial charge in [0, 0.05) is 50.0 Å². The number of benzene rings is 11. The van der Waals surface area contributed by atoms with Crippen LogP contribution in [0.1, 0.15) is 49.9 Å². The van der Waals surface area contributed by atoms with E-state index in [9.17, 15) is 0 Å². The van der Waals surface area contributed by atoms with Gasteiger partial charge in [0.25, 0.3) is 0 Å². The van der Waals surface area contributed by atoms with Gasteiger partial charge in [0.15, 0.2) is 0 Å². The summed E-state index contributed by atoms with van der Waals surface area (Å²) >= 11 is 0. The molecule has 0 bridgehead atoms. The Bertz CT molecular complexity index is 4150. The van der Waals surface area contributed by atoms with Crippen LogP contribution in [0.4, 0.5) is 34.1 Å². The zero-order chi connectivity index (χ0) is 50.4. The van der Waals surface area contributed by atoms with Crippen molar-refractivity contribution in [3.8, 4) is 50.2 Å². The van der Waals surface area contributed by atoms with Gasteiger partial charge in [0.05, 0.1) is 22.4 Å². The van der Waals surface area contributed by atoms with E-state index in [-0.39, 0.29) is 10.8 Å². The first kappa shape index (κ1) is 44.5. The standard InChI is InChI=1S/C72H55N3/c1-71(2)63-25-15-14-24-59(63)60-40-39-58(47-65(60)71)73(56-35-28-49(29-36-56)48-18-8-5-9-19-48)57-37-30-50(31-38-57)51-32-41-67-61(44-51)62-45-52(33-42-68(62)74(67)54-20-10-6-11-21-54)53-34-43-70-66(46-53)72(3,4)64-26-16-17-27-69(64)75(70)55-22-12-7-13-23-55/h5-47H,1-4H3. The van der Waals surface area contributed by atoms with Crippen molar-refractivity contribution >= 4 is 55.9 Å². The second-order valence-corrected chi connectivity index (χ2v) is 21.4. The van der Waals surface area contributed by atoms with E-state index in [1.54, 1.807) is 0 Å². The predicted octanol–water partition coefficient (Wildman–Crippen LogP) is 19.7. The Balaban J connectivity index is 0.871. The molecule has 358 valence electrons. The van der Waals surface area contributed by atoms with Crippen LogP contribution in [0.25, 0.3) is 72.0 Å². The number of hydrogen-bond acceptors (Lipinski definition) is 2. The molecule has 11 aromatic carbocycles. The molecule has 0 N–H and O–H groups in total. The monoisotopic (exact) mass is 961 g/mol. The van der Waals surface area contributed by atoms with E-state index >= 15 is 0 Å². The molecule has 75 heavy (non-hydrogen) atoms. The fourth-order valence-electron chi connectivity index (χ4n) is 12.5. The molecule has 0 saturated carbocycles. The van der Waals surface area contributed by atoms with E-state index < -0.39 is 0 Å². The Labute approximate surface area is 439 Å². The van der Waals surface area contributed by atoms with E-state index in [0.29, 0.717) is 0 Å². The minimum Gasteiger partial charge on any atom is -0.310 e. The quantitative estimate of drug-likeness (QED) is 0.150. The number of hydrogen-bond donors (Lipinski definition) is 0. The highest BCUT2D eigenvalue weighted by atomic mass is 15.2. The van der Waals surface area contributed by atoms with Crippen LogP contribution in [0.2, 0.25) is 0 Å². The Morgan fingerprint density at radius 2 is 0.733 bits per heavy atom. The predicted molar refractivity (Wildman–Crippen MR) is 316 cm³/mol. The van der Waals surface area contributed by atoms with Gasteiger partial charge in [-0.3, -0.25) is 0 Å². The molecule has 0 saturated heterocycles. The van der Waals surface area contributed by atoms with Crippen molar-refractivity contribution in [2.45, 2.75) is 38.5 Å². The first-order chi connectivity index (χ1) is 36.7. The summed E-state index contributed by atoms with van der Waals surface area (Å²) in [6.07, 6.45) is 0. The van der Waals surface area contributed by atoms with Crippen LogP contribution in [0, 0.1) is 0 Å². The van der Waals surface area contributed by atoms with Gasteiger partial charge >= 0.3 is 0 Å². The van der Waals surface area contributed by atoms with Crippen LogP contribution in [-0.4, -0.2) is 4.57 Å². The second kappa shape index (κ2) is 17.2. The number of para-hydroxylation sites is 3. The second-order valence-electron chi connectivity index (χ2n) is 21.4. The molecule has 0 amide bonds. The number of rotatable bonds is 8. The molecule has 1 aliphatic carbocycles. The van der Waals surface area contributed by atoms with E-state index in [4.69, 9.17) is 0 Å². The molecule has 3 heteroatoms. The van der Waals surface area contributed by atoms with Crippen molar-refractivity contribution in [2.24, 2.45) is 0 Å². The van der Waals surface area contributed by atoms with Crippen molar-refractivity contribution in [3.63, 3.8) is 0 Å². The molecule has 12 aromatic rings. The molecule has 1 aliphatic heterocycles. The van der Waals surface area contributed by atoms with Crippen LogP contribution in [0.15, 0.2) is 261 Å². The number of fused-ring (bicyclic) bond motifs is 8. The van der Waals surface area contributed by atoms with E-state index in [0.717, 1.165) is 28.4 Å². The van der Waals surface area contributed by atoms with Gasteiger partial charge in [-0.1, -0.05) is 185 Å². The summed E-state index contributed by atoms with van der Waals surface area (Å²) in [6, 6.07) is 96.3. The van der Waals surface area contributed by atoms with Gasteiger partial charge in [-0.15, -0.1) is 0 Å². The first-order valence-electron chi connectivity index (χ1n) is 26.2. The molecule has 0 atom stereocenters. The van der Waals surface area contributed by atoms with Crippen LogP contribution in [0.3, 0.4) is 0 Å². The highest BCUT2D eigenvalue weighted by molar-refractivity contribution is 6.12. The van der Waals surface area contributed by atoms with Crippen LogP contribution in [0.5, 0.6) is 0 Å². The number of nitrogens with zero attached hydrogens (tertiary/aromatic N) is 3. The summed E-state index contributed by atoms with van der Waals surface area (Å²) in [6.45, 7) is 9.46. The summed E-state index contributed by atoms with van der Waals surface area (Å²) in [5.41, 5.74) is 25.3. The Morgan fingerprint density at radius 1 is 0.293 bits per heavy atom. The normalized spacial score (nSPS) is 13.8. The SMILES string of the molecule is CC1(C)c2ccccc2-c2ccc(N(c3ccc(-c4ccccc4)cc3)c3ccc(-c4ccc5c(c4)c4cc(-c6ccc7c(c6)C(C)(C)c6ccccc6N7c6ccccc6)ccc4n5-c4ccccc4)cc3)cc21. The van der Waals surface area contributed by atoms with Crippen LogP contribution < -0.4 is 9.80 Å². The van der Waals surface area contributed by atoms with Gasteiger partial charge in [-0.2, -0.15) is 0 Å². The molecular formula is C72H55N3. The van der Waals surface area contributed by atoms with Gasteiger partial charge < -0.3 is 14.4 Å². The third kappa shape index (κ3) is 7.17. The van der Waals surface area contributed by atoms with Gasteiger partial charge in [-0.05, 0) is 170 Å². The average molecular weight is 962 g/mol. The lowest BCUT2D eigenvalue weighted by molar-refractivity contribution is 0.632. The molecule has 2 aliphatic rings. The molecule has 2 heterocycles. The molecule has 3 nitrogen and oxygen atoms in total. The summed E-state index contributed by atoms with van der Waals surface area (Å²) in [5.74, 6) is 0. The maximum atomic E-state index is 2.44. The first-order valence-corrected chi connectivity index (χ1v) is 26.2. The van der Waals surface area contributed by atoms with Gasteiger partial charge in [-0.25, -0.2) is 0 Å². The Hall–Kier alpha value is -9.18. The zero-order valence-electron chi connectivity index (χ0n) is 42.7. The lowest BCUT2D eigenvalue weighted by Gasteiger charge is -2.42. The summed E-state index contributed by atoms with van der Waals surface area (Å²) in [4.78, 5) is 4.84. The zero-order valence-corrected chi connectivity index (χ0v) is 42.7. The summed E-state index contributed by atoms with van der Waals surface area (Å²) in [5, 5.41) is 2.45.